The van der Waals surface area contributed by atoms with Gasteiger partial charge in [0.2, 0.25) is 5.91 Å². The van der Waals surface area contributed by atoms with Crippen molar-refractivity contribution in [3.05, 3.63) is 0 Å². The summed E-state index contributed by atoms with van der Waals surface area (Å²) < 4.78 is 5.54. The summed E-state index contributed by atoms with van der Waals surface area (Å²) >= 11 is 0. The molecule has 1 heterocycles. The van der Waals surface area contributed by atoms with Crippen molar-refractivity contribution in [2.24, 2.45) is 17.6 Å². The molecular weight excluding hydrogens is 242 g/mol. The van der Waals surface area contributed by atoms with Crippen LogP contribution in [-0.4, -0.2) is 56.2 Å². The molecule has 1 aliphatic heterocycles. The second kappa shape index (κ2) is 5.77. The molecule has 5 nitrogen and oxygen atoms in total. The molecule has 1 saturated heterocycles. The Morgan fingerprint density at radius 3 is 2.63 bits per heavy atom. The second-order valence-electron chi connectivity index (χ2n) is 6.14. The van der Waals surface area contributed by atoms with Gasteiger partial charge in [-0.1, -0.05) is 6.92 Å². The quantitative estimate of drug-likeness (QED) is 0.723. The first-order chi connectivity index (χ1) is 9.03. The first-order valence-corrected chi connectivity index (χ1v) is 7.27. The first-order valence-electron chi connectivity index (χ1n) is 7.27. The maximum absolute atomic E-state index is 11.9. The van der Waals surface area contributed by atoms with Crippen LogP contribution in [0.5, 0.6) is 0 Å². The van der Waals surface area contributed by atoms with Crippen LogP contribution in [0, 0.1) is 11.8 Å². The van der Waals surface area contributed by atoms with Crippen LogP contribution in [0.2, 0.25) is 0 Å². The van der Waals surface area contributed by atoms with Gasteiger partial charge in [0.15, 0.2) is 0 Å². The number of carbonyl (C=O) groups is 1. The van der Waals surface area contributed by atoms with Crippen molar-refractivity contribution in [3.8, 4) is 0 Å². The number of nitrogens with zero attached hydrogens (tertiary/aromatic N) is 1. The van der Waals surface area contributed by atoms with E-state index in [2.05, 4.69) is 17.1 Å². The van der Waals surface area contributed by atoms with Gasteiger partial charge in [-0.25, -0.2) is 0 Å². The van der Waals surface area contributed by atoms with Gasteiger partial charge in [-0.15, -0.1) is 0 Å². The van der Waals surface area contributed by atoms with Crippen LogP contribution in [0.15, 0.2) is 0 Å². The fraction of sp³-hybridized carbons (Fsp3) is 0.929. The number of primary amides is 1. The highest BCUT2D eigenvalue weighted by molar-refractivity contribution is 5.86. The van der Waals surface area contributed by atoms with E-state index in [1.54, 1.807) is 7.11 Å². The molecule has 0 aromatic heterocycles. The van der Waals surface area contributed by atoms with Crippen molar-refractivity contribution >= 4 is 5.91 Å². The number of nitrogens with two attached hydrogens (primary N) is 1. The smallest absolute Gasteiger partial charge is 0.239 e. The van der Waals surface area contributed by atoms with Gasteiger partial charge in [-0.3, -0.25) is 9.69 Å². The van der Waals surface area contributed by atoms with Crippen LogP contribution in [0.1, 0.15) is 26.2 Å². The first kappa shape index (κ1) is 14.8. The van der Waals surface area contributed by atoms with E-state index in [0.29, 0.717) is 18.4 Å². The van der Waals surface area contributed by atoms with Crippen LogP contribution in [0.3, 0.4) is 0 Å². The molecular formula is C14H27N3O2. The highest BCUT2D eigenvalue weighted by atomic mass is 16.5. The maximum Gasteiger partial charge on any atom is 0.239 e. The Morgan fingerprint density at radius 1 is 1.47 bits per heavy atom. The Labute approximate surface area is 115 Å². The number of likely N-dealkylation sites (tertiary alicyclic amines) is 1. The minimum Gasteiger partial charge on any atom is -0.380 e. The van der Waals surface area contributed by atoms with Crippen molar-refractivity contribution in [2.75, 3.05) is 33.8 Å². The number of methoxy groups -OCH3 is 1. The molecule has 19 heavy (non-hydrogen) atoms. The third kappa shape index (κ3) is 2.93. The number of rotatable bonds is 6. The third-order valence-electron chi connectivity index (χ3n) is 4.91. The molecule has 1 amide bonds. The predicted molar refractivity (Wildman–Crippen MR) is 74.7 cm³/mol. The van der Waals surface area contributed by atoms with Crippen LogP contribution in [0.25, 0.3) is 0 Å². The second-order valence-corrected chi connectivity index (χ2v) is 6.14. The van der Waals surface area contributed by atoms with Crippen molar-refractivity contribution < 1.29 is 9.53 Å². The Balaban J connectivity index is 2.03. The molecule has 2 fully saturated rings. The number of carbonyl (C=O) groups excluding carboxylic acids is 1. The van der Waals surface area contributed by atoms with E-state index in [1.165, 1.54) is 0 Å². The lowest BCUT2D eigenvalue weighted by atomic mass is 9.89. The molecule has 1 aliphatic carbocycles. The average Bonchev–Trinajstić information content (AvgIpc) is 3.22. The molecule has 0 radical (unpaired) electrons. The number of piperidine rings is 1. The average molecular weight is 269 g/mol. The van der Waals surface area contributed by atoms with Gasteiger partial charge < -0.3 is 15.8 Å². The molecule has 0 bridgehead atoms. The van der Waals surface area contributed by atoms with E-state index in [4.69, 9.17) is 10.5 Å². The van der Waals surface area contributed by atoms with Crippen molar-refractivity contribution in [3.63, 3.8) is 0 Å². The zero-order valence-electron chi connectivity index (χ0n) is 12.3. The third-order valence-corrected chi connectivity index (χ3v) is 4.91. The maximum atomic E-state index is 11.9. The van der Waals surface area contributed by atoms with E-state index in [9.17, 15) is 4.79 Å². The molecule has 0 spiro atoms. The number of hydrogen-bond donors (Lipinski definition) is 2. The molecule has 110 valence electrons. The van der Waals surface area contributed by atoms with Crippen molar-refractivity contribution in [1.82, 2.24) is 10.2 Å². The molecule has 3 N–H and O–H groups in total. The minimum absolute atomic E-state index is 0.218. The number of amides is 1. The predicted octanol–water partition coefficient (Wildman–Crippen LogP) is 0.197. The van der Waals surface area contributed by atoms with E-state index in [-0.39, 0.29) is 12.0 Å². The molecule has 1 saturated carbocycles. The molecule has 3 unspecified atom stereocenters. The van der Waals surface area contributed by atoms with E-state index >= 15 is 0 Å². The summed E-state index contributed by atoms with van der Waals surface area (Å²) in [5, 5.41) is 3.21. The normalized spacial score (nSPS) is 31.9. The van der Waals surface area contributed by atoms with Crippen molar-refractivity contribution in [1.29, 1.82) is 0 Å². The van der Waals surface area contributed by atoms with Crippen LogP contribution < -0.4 is 11.1 Å². The molecule has 0 aromatic carbocycles. The largest absolute Gasteiger partial charge is 0.380 e. The molecule has 5 heteroatoms. The van der Waals surface area contributed by atoms with Gasteiger partial charge in [0, 0.05) is 20.2 Å². The lowest BCUT2D eigenvalue weighted by Crippen LogP contribution is -2.63. The standard InChI is InChI=1S/C14H27N3O2/c1-10-6-7-17(8-12(10)19-3)9-14(16-2,13(15)18)11-4-5-11/h10-12,16H,4-9H2,1-3H3,(H2,15,18). The Hall–Kier alpha value is -0.650. The number of ether oxygens (including phenoxy) is 1. The summed E-state index contributed by atoms with van der Waals surface area (Å²) in [6, 6.07) is 0. The fourth-order valence-corrected chi connectivity index (χ4v) is 3.29. The molecule has 2 aliphatic rings. The lowest BCUT2D eigenvalue weighted by molar-refractivity contribution is -0.126. The molecule has 2 rings (SSSR count). The molecule has 0 aromatic rings. The monoisotopic (exact) mass is 269 g/mol. The van der Waals surface area contributed by atoms with Gasteiger partial charge in [-0.2, -0.15) is 0 Å². The van der Waals surface area contributed by atoms with Gasteiger partial charge >= 0.3 is 0 Å². The zero-order valence-corrected chi connectivity index (χ0v) is 12.3. The zero-order chi connectivity index (χ0) is 14.0. The summed E-state index contributed by atoms with van der Waals surface area (Å²) in [5.74, 6) is 0.764. The lowest BCUT2D eigenvalue weighted by Gasteiger charge is -2.41. The van der Waals surface area contributed by atoms with E-state index in [0.717, 1.165) is 32.4 Å². The molecule has 3 atom stereocenters. The van der Waals surface area contributed by atoms with Crippen LogP contribution in [0.4, 0.5) is 0 Å². The summed E-state index contributed by atoms with van der Waals surface area (Å²) in [6.45, 7) is 4.84. The van der Waals surface area contributed by atoms with Gasteiger partial charge in [0.25, 0.3) is 0 Å². The number of nitrogens with one attached hydrogen (secondary N) is 1. The SMILES string of the molecule is CNC(CN1CCC(C)C(OC)C1)(C(N)=O)C1CC1. The fourth-order valence-electron chi connectivity index (χ4n) is 3.29. The van der Waals surface area contributed by atoms with Crippen LogP contribution in [-0.2, 0) is 9.53 Å². The topological polar surface area (TPSA) is 67.6 Å². The van der Waals surface area contributed by atoms with Crippen LogP contribution >= 0.6 is 0 Å². The minimum atomic E-state index is -0.557. The number of likely N-dealkylation sites (N-methyl/N-ethyl adjacent to an activating group) is 1. The number of hydrogen-bond acceptors (Lipinski definition) is 4. The van der Waals surface area contributed by atoms with Crippen molar-refractivity contribution in [2.45, 2.75) is 37.8 Å². The summed E-state index contributed by atoms with van der Waals surface area (Å²) in [4.78, 5) is 14.3. The van der Waals surface area contributed by atoms with Gasteiger partial charge in [-0.05, 0) is 44.7 Å². The Kier molecular flexibility index (Phi) is 4.48. The van der Waals surface area contributed by atoms with E-state index in [1.807, 2.05) is 7.05 Å². The summed E-state index contributed by atoms with van der Waals surface area (Å²) in [7, 11) is 3.62. The summed E-state index contributed by atoms with van der Waals surface area (Å²) in [5.41, 5.74) is 5.12. The Morgan fingerprint density at radius 2 is 2.16 bits per heavy atom. The van der Waals surface area contributed by atoms with Gasteiger partial charge in [0.05, 0.1) is 6.10 Å². The summed E-state index contributed by atoms with van der Waals surface area (Å²) in [6.07, 6.45) is 3.57. The van der Waals surface area contributed by atoms with Gasteiger partial charge in [0.1, 0.15) is 5.54 Å². The Bertz CT molecular complexity index is 333. The highest BCUT2D eigenvalue weighted by Gasteiger charge is 2.50. The van der Waals surface area contributed by atoms with E-state index < -0.39 is 5.54 Å². The highest BCUT2D eigenvalue weighted by Crippen LogP contribution is 2.40.